The molecule has 2 rings (SSSR count). The molecule has 0 aliphatic heterocycles. The Morgan fingerprint density at radius 2 is 2.25 bits per heavy atom. The van der Waals surface area contributed by atoms with E-state index in [1.165, 1.54) is 6.33 Å². The molecule has 0 spiro atoms. The van der Waals surface area contributed by atoms with Crippen molar-refractivity contribution < 1.29 is 10.3 Å². The molecule has 7 heteroatoms. The van der Waals surface area contributed by atoms with Gasteiger partial charge in [-0.1, -0.05) is 0 Å². The summed E-state index contributed by atoms with van der Waals surface area (Å²) in [5.74, 6) is 0.0926. The Morgan fingerprint density at radius 3 is 3.00 bits per heavy atom. The molecular formula is C5H5N5O2. The molecule has 0 atom stereocenters. The summed E-state index contributed by atoms with van der Waals surface area (Å²) >= 11 is 0. The average Bonchev–Trinajstić information content (AvgIpc) is 2.50. The van der Waals surface area contributed by atoms with E-state index in [4.69, 9.17) is 10.3 Å². The number of aromatic hydroxyl groups is 1. The lowest BCUT2D eigenvalue weighted by Gasteiger charge is -1.97. The van der Waals surface area contributed by atoms with Crippen molar-refractivity contribution in [3.05, 3.63) is 6.33 Å². The summed E-state index contributed by atoms with van der Waals surface area (Å²) < 4.78 is 0. The highest BCUT2D eigenvalue weighted by Crippen LogP contribution is 2.17. The van der Waals surface area contributed by atoms with Crippen LogP contribution in [0.1, 0.15) is 0 Å². The zero-order chi connectivity index (χ0) is 8.55. The zero-order valence-electron chi connectivity index (χ0n) is 5.81. The first-order chi connectivity index (χ1) is 5.81. The number of nitrogens with zero attached hydrogens (tertiary/aromatic N) is 3. The second-order valence-corrected chi connectivity index (χ2v) is 2.09. The van der Waals surface area contributed by atoms with Crippen LogP contribution in [0.15, 0.2) is 6.33 Å². The third-order valence-electron chi connectivity index (χ3n) is 1.38. The second-order valence-electron chi connectivity index (χ2n) is 2.09. The molecule has 0 aliphatic rings. The van der Waals surface area contributed by atoms with Gasteiger partial charge in [0.15, 0.2) is 11.5 Å². The van der Waals surface area contributed by atoms with Crippen LogP contribution < -0.4 is 5.48 Å². The topological polar surface area (TPSA) is 107 Å². The minimum atomic E-state index is -0.439. The van der Waals surface area contributed by atoms with E-state index in [9.17, 15) is 0 Å². The molecule has 62 valence electrons. The van der Waals surface area contributed by atoms with Crippen LogP contribution in [0.3, 0.4) is 0 Å². The SMILES string of the molecule is ONc1nc(O)nc2nc[nH]c12. The molecule has 12 heavy (non-hydrogen) atoms. The van der Waals surface area contributed by atoms with Crippen LogP contribution in [0, 0.1) is 0 Å². The van der Waals surface area contributed by atoms with Gasteiger partial charge in [-0.2, -0.15) is 9.97 Å². The zero-order valence-corrected chi connectivity index (χ0v) is 5.81. The van der Waals surface area contributed by atoms with E-state index < -0.39 is 6.01 Å². The normalized spacial score (nSPS) is 10.4. The van der Waals surface area contributed by atoms with E-state index >= 15 is 0 Å². The smallest absolute Gasteiger partial charge is 0.318 e. The van der Waals surface area contributed by atoms with E-state index in [0.717, 1.165) is 0 Å². The number of hydrogen-bond donors (Lipinski definition) is 4. The number of H-pyrrole nitrogens is 1. The molecule has 0 aromatic carbocycles. The largest absolute Gasteiger partial charge is 0.479 e. The lowest BCUT2D eigenvalue weighted by atomic mass is 10.5. The Hall–Kier alpha value is -1.89. The van der Waals surface area contributed by atoms with Gasteiger partial charge in [0.1, 0.15) is 5.52 Å². The van der Waals surface area contributed by atoms with E-state index in [1.54, 1.807) is 0 Å². The highest BCUT2D eigenvalue weighted by atomic mass is 16.5. The van der Waals surface area contributed by atoms with E-state index in [1.807, 2.05) is 5.48 Å². The number of imidazole rings is 1. The summed E-state index contributed by atoms with van der Waals surface area (Å²) in [5, 5.41) is 17.5. The van der Waals surface area contributed by atoms with Gasteiger partial charge in [-0.3, -0.25) is 10.7 Å². The molecule has 0 saturated heterocycles. The van der Waals surface area contributed by atoms with Crippen LogP contribution in [-0.4, -0.2) is 30.2 Å². The summed E-state index contributed by atoms with van der Waals surface area (Å²) in [4.78, 5) is 13.6. The molecule has 0 unspecified atom stereocenters. The number of nitrogens with one attached hydrogen (secondary N) is 2. The van der Waals surface area contributed by atoms with Crippen molar-refractivity contribution in [1.82, 2.24) is 19.9 Å². The molecule has 0 bridgehead atoms. The molecule has 0 fully saturated rings. The molecule has 0 aliphatic carbocycles. The lowest BCUT2D eigenvalue weighted by molar-refractivity contribution is 0.381. The van der Waals surface area contributed by atoms with Gasteiger partial charge >= 0.3 is 6.01 Å². The first-order valence-electron chi connectivity index (χ1n) is 3.11. The van der Waals surface area contributed by atoms with Crippen molar-refractivity contribution in [3.63, 3.8) is 0 Å². The summed E-state index contributed by atoms with van der Waals surface area (Å²) in [6.07, 6.45) is 1.39. The Kier molecular flexibility index (Phi) is 1.31. The van der Waals surface area contributed by atoms with Crippen molar-refractivity contribution in [2.45, 2.75) is 0 Å². The van der Waals surface area contributed by atoms with Crippen LogP contribution in [0.4, 0.5) is 5.82 Å². The van der Waals surface area contributed by atoms with E-state index in [2.05, 4.69) is 19.9 Å². The van der Waals surface area contributed by atoms with Gasteiger partial charge in [0.25, 0.3) is 0 Å². The Bertz CT molecular complexity index is 411. The maximum atomic E-state index is 8.93. The minimum Gasteiger partial charge on any atom is -0.479 e. The summed E-state index contributed by atoms with van der Waals surface area (Å²) in [7, 11) is 0. The molecule has 0 amide bonds. The predicted octanol–water partition coefficient (Wildman–Crippen LogP) is -0.140. The highest BCUT2D eigenvalue weighted by Gasteiger charge is 2.07. The Morgan fingerprint density at radius 1 is 1.42 bits per heavy atom. The fourth-order valence-corrected chi connectivity index (χ4v) is 0.903. The van der Waals surface area contributed by atoms with Crippen molar-refractivity contribution >= 4 is 17.0 Å². The fraction of sp³-hybridized carbons (Fsp3) is 0. The number of fused-ring (bicyclic) bond motifs is 1. The Labute approximate surface area is 66.1 Å². The van der Waals surface area contributed by atoms with Crippen LogP contribution >= 0.6 is 0 Å². The molecule has 0 radical (unpaired) electrons. The van der Waals surface area contributed by atoms with Crippen LogP contribution in [0.2, 0.25) is 0 Å². The van der Waals surface area contributed by atoms with Gasteiger partial charge < -0.3 is 10.1 Å². The second kappa shape index (κ2) is 2.31. The summed E-state index contributed by atoms with van der Waals surface area (Å²) in [6.45, 7) is 0. The van der Waals surface area contributed by atoms with Gasteiger partial charge in [0.05, 0.1) is 6.33 Å². The van der Waals surface area contributed by atoms with Crippen molar-refractivity contribution in [2.24, 2.45) is 0 Å². The van der Waals surface area contributed by atoms with Crippen molar-refractivity contribution in [2.75, 3.05) is 5.48 Å². The standard InChI is InChI=1S/C5H5N5O2/c11-5-8-3-2(6-1-7-3)4(9-5)10-12/h1,12H,(H3,6,7,8,9,10,11). The molecular weight excluding hydrogens is 162 g/mol. The first-order valence-corrected chi connectivity index (χ1v) is 3.11. The molecule has 7 nitrogen and oxygen atoms in total. The number of rotatable bonds is 1. The molecule has 2 heterocycles. The number of hydrogen-bond acceptors (Lipinski definition) is 6. The molecule has 0 saturated carbocycles. The highest BCUT2D eigenvalue weighted by molar-refractivity contribution is 5.82. The third-order valence-corrected chi connectivity index (χ3v) is 1.38. The molecule has 2 aromatic heterocycles. The maximum absolute atomic E-state index is 8.93. The van der Waals surface area contributed by atoms with Crippen molar-refractivity contribution in [1.29, 1.82) is 0 Å². The van der Waals surface area contributed by atoms with Crippen molar-refractivity contribution in [3.8, 4) is 6.01 Å². The lowest BCUT2D eigenvalue weighted by Crippen LogP contribution is -1.95. The van der Waals surface area contributed by atoms with E-state index in [-0.39, 0.29) is 5.82 Å². The maximum Gasteiger partial charge on any atom is 0.318 e. The van der Waals surface area contributed by atoms with Gasteiger partial charge in [-0.25, -0.2) is 4.98 Å². The van der Waals surface area contributed by atoms with Crippen LogP contribution in [0.5, 0.6) is 6.01 Å². The Balaban J connectivity index is 2.80. The third kappa shape index (κ3) is 0.839. The number of anilines is 1. The van der Waals surface area contributed by atoms with Gasteiger partial charge in [-0.15, -0.1) is 0 Å². The predicted molar refractivity (Wildman–Crippen MR) is 38.8 cm³/mol. The number of aromatic nitrogens is 4. The summed E-state index contributed by atoms with van der Waals surface area (Å²) in [6, 6.07) is -0.439. The van der Waals surface area contributed by atoms with Crippen LogP contribution in [0.25, 0.3) is 11.2 Å². The minimum absolute atomic E-state index is 0.0926. The van der Waals surface area contributed by atoms with Crippen LogP contribution in [-0.2, 0) is 0 Å². The summed E-state index contributed by atoms with van der Waals surface area (Å²) in [5.41, 5.74) is 2.55. The van der Waals surface area contributed by atoms with Gasteiger partial charge in [0.2, 0.25) is 0 Å². The average molecular weight is 167 g/mol. The number of aromatic amines is 1. The van der Waals surface area contributed by atoms with Gasteiger partial charge in [0, 0.05) is 0 Å². The van der Waals surface area contributed by atoms with Gasteiger partial charge in [-0.05, 0) is 0 Å². The molecule has 4 N–H and O–H groups in total. The quantitative estimate of drug-likeness (QED) is 0.440. The first kappa shape index (κ1) is 6.80. The molecule has 2 aromatic rings. The monoisotopic (exact) mass is 167 g/mol. The fourth-order valence-electron chi connectivity index (χ4n) is 0.903. The van der Waals surface area contributed by atoms with E-state index in [0.29, 0.717) is 11.2 Å².